The molecule has 0 radical (unpaired) electrons. The van der Waals surface area contributed by atoms with Gasteiger partial charge in [-0.25, -0.2) is 9.97 Å². The van der Waals surface area contributed by atoms with Crippen LogP contribution in [0.15, 0.2) is 36.7 Å². The summed E-state index contributed by atoms with van der Waals surface area (Å²) in [5.74, 6) is 1.23. The quantitative estimate of drug-likeness (QED) is 0.741. The average molecular weight is 397 g/mol. The van der Waals surface area contributed by atoms with Gasteiger partial charge in [0.2, 0.25) is 17.8 Å². The van der Waals surface area contributed by atoms with Crippen molar-refractivity contribution in [2.45, 2.75) is 20.3 Å². The van der Waals surface area contributed by atoms with E-state index in [4.69, 9.17) is 4.74 Å². The number of piperazine rings is 1. The van der Waals surface area contributed by atoms with E-state index in [0.717, 1.165) is 5.56 Å². The molecule has 8 nitrogen and oxygen atoms in total. The van der Waals surface area contributed by atoms with Crippen LogP contribution in [0, 0.1) is 6.92 Å². The van der Waals surface area contributed by atoms with E-state index in [-0.39, 0.29) is 18.2 Å². The van der Waals surface area contributed by atoms with Crippen LogP contribution in [-0.4, -0.2) is 66.5 Å². The van der Waals surface area contributed by atoms with Crippen molar-refractivity contribution in [1.82, 2.24) is 14.9 Å². The summed E-state index contributed by atoms with van der Waals surface area (Å²) in [6.07, 6.45) is 3.70. The van der Waals surface area contributed by atoms with Gasteiger partial charge in [0.05, 0.1) is 12.8 Å². The van der Waals surface area contributed by atoms with E-state index in [1.807, 2.05) is 30.0 Å². The molecule has 1 aliphatic rings. The summed E-state index contributed by atoms with van der Waals surface area (Å²) >= 11 is 0. The molecule has 3 rings (SSSR count). The van der Waals surface area contributed by atoms with Crippen molar-refractivity contribution in [2.75, 3.05) is 49.6 Å². The van der Waals surface area contributed by atoms with Crippen molar-refractivity contribution in [2.24, 2.45) is 0 Å². The Balaban J connectivity index is 1.59. The Hall–Kier alpha value is -3.16. The molecule has 0 unspecified atom stereocenters. The highest BCUT2D eigenvalue weighted by molar-refractivity contribution is 5.94. The third-order valence-corrected chi connectivity index (χ3v) is 5.02. The van der Waals surface area contributed by atoms with Crippen molar-refractivity contribution < 1.29 is 14.3 Å². The second-order valence-electron chi connectivity index (χ2n) is 7.01. The minimum absolute atomic E-state index is 0.0384. The molecular formula is C21H27N5O3. The Bertz CT molecular complexity index is 851. The lowest BCUT2D eigenvalue weighted by atomic mass is 10.1. The SMILES string of the molecule is COc1ccc(C)cc1N(CCC(=O)N1CCN(c2ncccn2)CC1)C(C)=O. The fourth-order valence-electron chi connectivity index (χ4n) is 3.43. The predicted molar refractivity (Wildman–Crippen MR) is 111 cm³/mol. The number of methoxy groups -OCH3 is 1. The van der Waals surface area contributed by atoms with Gasteiger partial charge in [-0.15, -0.1) is 0 Å². The number of benzene rings is 1. The number of ether oxygens (including phenoxy) is 1. The molecule has 0 N–H and O–H groups in total. The summed E-state index contributed by atoms with van der Waals surface area (Å²) in [6, 6.07) is 7.46. The third kappa shape index (κ3) is 5.01. The summed E-state index contributed by atoms with van der Waals surface area (Å²) in [7, 11) is 1.58. The van der Waals surface area contributed by atoms with Crippen LogP contribution >= 0.6 is 0 Å². The first-order valence-corrected chi connectivity index (χ1v) is 9.72. The zero-order valence-corrected chi connectivity index (χ0v) is 17.2. The van der Waals surface area contributed by atoms with Crippen LogP contribution < -0.4 is 14.5 Å². The number of anilines is 2. The van der Waals surface area contributed by atoms with E-state index in [1.165, 1.54) is 6.92 Å². The Kier molecular flexibility index (Phi) is 6.64. The van der Waals surface area contributed by atoms with Crippen molar-refractivity contribution in [1.29, 1.82) is 0 Å². The van der Waals surface area contributed by atoms with E-state index in [0.29, 0.717) is 50.1 Å². The molecule has 0 atom stereocenters. The molecule has 8 heteroatoms. The molecule has 0 spiro atoms. The van der Waals surface area contributed by atoms with Gasteiger partial charge in [0, 0.05) is 58.5 Å². The number of rotatable bonds is 6. The summed E-state index contributed by atoms with van der Waals surface area (Å²) in [6.45, 7) is 6.40. The minimum atomic E-state index is -0.118. The first-order valence-electron chi connectivity index (χ1n) is 9.72. The number of aromatic nitrogens is 2. The normalized spacial score (nSPS) is 13.9. The van der Waals surface area contributed by atoms with E-state index >= 15 is 0 Å². The summed E-state index contributed by atoms with van der Waals surface area (Å²) < 4.78 is 5.40. The number of aryl methyl sites for hydroxylation is 1. The number of nitrogens with zero attached hydrogens (tertiary/aromatic N) is 5. The molecule has 1 fully saturated rings. The number of hydrogen-bond donors (Lipinski definition) is 0. The fourth-order valence-corrected chi connectivity index (χ4v) is 3.43. The Morgan fingerprint density at radius 3 is 2.45 bits per heavy atom. The van der Waals surface area contributed by atoms with Crippen LogP contribution in [0.25, 0.3) is 0 Å². The molecule has 1 aliphatic heterocycles. The van der Waals surface area contributed by atoms with Gasteiger partial charge in [-0.05, 0) is 30.7 Å². The summed E-state index contributed by atoms with van der Waals surface area (Å²) in [4.78, 5) is 39.0. The lowest BCUT2D eigenvalue weighted by Gasteiger charge is -2.35. The predicted octanol–water partition coefficient (Wildman–Crippen LogP) is 1.89. The minimum Gasteiger partial charge on any atom is -0.495 e. The van der Waals surface area contributed by atoms with Crippen LogP contribution in [0.5, 0.6) is 5.75 Å². The van der Waals surface area contributed by atoms with Gasteiger partial charge in [-0.2, -0.15) is 0 Å². The monoisotopic (exact) mass is 397 g/mol. The molecular weight excluding hydrogens is 370 g/mol. The first kappa shape index (κ1) is 20.6. The maximum atomic E-state index is 12.7. The highest BCUT2D eigenvalue weighted by Gasteiger charge is 2.24. The van der Waals surface area contributed by atoms with Gasteiger partial charge < -0.3 is 19.4 Å². The molecule has 2 aromatic rings. The number of carbonyl (C=O) groups excluding carboxylic acids is 2. The largest absolute Gasteiger partial charge is 0.495 e. The van der Waals surface area contributed by atoms with Crippen LogP contribution in [0.2, 0.25) is 0 Å². The molecule has 0 saturated carbocycles. The number of amides is 2. The van der Waals surface area contributed by atoms with E-state index in [2.05, 4.69) is 14.9 Å². The maximum absolute atomic E-state index is 12.7. The van der Waals surface area contributed by atoms with E-state index in [1.54, 1.807) is 30.5 Å². The van der Waals surface area contributed by atoms with Gasteiger partial charge in [-0.3, -0.25) is 9.59 Å². The molecule has 2 heterocycles. The van der Waals surface area contributed by atoms with Crippen molar-refractivity contribution in [3.63, 3.8) is 0 Å². The van der Waals surface area contributed by atoms with Crippen molar-refractivity contribution in [3.8, 4) is 5.75 Å². The smallest absolute Gasteiger partial charge is 0.225 e. The molecule has 0 bridgehead atoms. The highest BCUT2D eigenvalue weighted by Crippen LogP contribution is 2.29. The Morgan fingerprint density at radius 2 is 1.83 bits per heavy atom. The summed E-state index contributed by atoms with van der Waals surface area (Å²) in [5.41, 5.74) is 1.72. The van der Waals surface area contributed by atoms with Crippen LogP contribution in [-0.2, 0) is 9.59 Å². The number of carbonyl (C=O) groups is 2. The van der Waals surface area contributed by atoms with Gasteiger partial charge in [0.25, 0.3) is 0 Å². The van der Waals surface area contributed by atoms with Crippen molar-refractivity contribution >= 4 is 23.5 Å². The Morgan fingerprint density at radius 1 is 1.14 bits per heavy atom. The van der Waals surface area contributed by atoms with Crippen molar-refractivity contribution in [3.05, 3.63) is 42.2 Å². The fraction of sp³-hybridized carbons (Fsp3) is 0.429. The van der Waals surface area contributed by atoms with Crippen LogP contribution in [0.3, 0.4) is 0 Å². The van der Waals surface area contributed by atoms with Crippen LogP contribution in [0.1, 0.15) is 18.9 Å². The molecule has 154 valence electrons. The molecule has 29 heavy (non-hydrogen) atoms. The van der Waals surface area contributed by atoms with E-state index < -0.39 is 0 Å². The average Bonchev–Trinajstić information content (AvgIpc) is 2.74. The molecule has 1 saturated heterocycles. The number of hydrogen-bond acceptors (Lipinski definition) is 6. The zero-order chi connectivity index (χ0) is 20.8. The standard InChI is InChI=1S/C21H27N5O3/c1-16-5-6-19(29-3)18(15-16)26(17(2)27)10-7-20(28)24-11-13-25(14-12-24)21-22-8-4-9-23-21/h4-6,8-9,15H,7,10-14H2,1-3H3. The first-order chi connectivity index (χ1) is 14.0. The zero-order valence-electron chi connectivity index (χ0n) is 17.2. The highest BCUT2D eigenvalue weighted by atomic mass is 16.5. The van der Waals surface area contributed by atoms with E-state index in [9.17, 15) is 9.59 Å². The topological polar surface area (TPSA) is 78.9 Å². The Labute approximate surface area is 171 Å². The summed E-state index contributed by atoms with van der Waals surface area (Å²) in [5, 5.41) is 0. The lowest BCUT2D eigenvalue weighted by molar-refractivity contribution is -0.131. The molecule has 0 aliphatic carbocycles. The molecule has 2 amide bonds. The van der Waals surface area contributed by atoms with Gasteiger partial charge in [-0.1, -0.05) is 6.07 Å². The van der Waals surface area contributed by atoms with Gasteiger partial charge >= 0.3 is 0 Å². The molecule has 1 aromatic heterocycles. The second kappa shape index (κ2) is 9.36. The second-order valence-corrected chi connectivity index (χ2v) is 7.01. The molecule has 1 aromatic carbocycles. The lowest BCUT2D eigenvalue weighted by Crippen LogP contribution is -2.49. The van der Waals surface area contributed by atoms with Gasteiger partial charge in [0.15, 0.2) is 0 Å². The maximum Gasteiger partial charge on any atom is 0.225 e. The third-order valence-electron chi connectivity index (χ3n) is 5.02. The van der Waals surface area contributed by atoms with Gasteiger partial charge in [0.1, 0.15) is 5.75 Å². The van der Waals surface area contributed by atoms with Crippen LogP contribution in [0.4, 0.5) is 11.6 Å².